The molecule has 11 heteroatoms. The predicted molar refractivity (Wildman–Crippen MR) is 71.8 cm³/mol. The summed E-state index contributed by atoms with van der Waals surface area (Å²) >= 11 is 0. The molecule has 2 rings (SSSR count). The van der Waals surface area contributed by atoms with E-state index in [4.69, 9.17) is 11.5 Å². The number of hydrogen-bond donors (Lipinski definition) is 2. The summed E-state index contributed by atoms with van der Waals surface area (Å²) in [6, 6.07) is 1.95. The Morgan fingerprint density at radius 2 is 1.43 bits per heavy atom. The van der Waals surface area contributed by atoms with E-state index >= 15 is 0 Å². The van der Waals surface area contributed by atoms with Crippen LogP contribution >= 0.6 is 0 Å². The van der Waals surface area contributed by atoms with Crippen LogP contribution in [0.1, 0.15) is 0 Å². The molecular weight excluding hydrogens is 284 g/mol. The van der Waals surface area contributed by atoms with Crippen LogP contribution in [-0.4, -0.2) is 14.8 Å². The summed E-state index contributed by atoms with van der Waals surface area (Å²) in [4.78, 5) is 22.8. The molecule has 0 bridgehead atoms. The molecule has 0 atom stereocenters. The van der Waals surface area contributed by atoms with Crippen molar-refractivity contribution < 1.29 is 14.6 Å². The Morgan fingerprint density at radius 1 is 1.00 bits per heavy atom. The van der Waals surface area contributed by atoms with Crippen molar-refractivity contribution in [3.05, 3.63) is 62.4 Å². The third kappa shape index (κ3) is 4.27. The summed E-state index contributed by atoms with van der Waals surface area (Å²) in [5.41, 5.74) is 8.77. The van der Waals surface area contributed by atoms with Crippen LogP contribution in [0, 0.1) is 25.4 Å². The molecule has 0 aliphatic heterocycles. The minimum atomic E-state index is -0.821. The number of benzene rings is 1. The van der Waals surface area contributed by atoms with Crippen molar-refractivity contribution in [1.29, 1.82) is 0 Å². The lowest BCUT2D eigenvalue weighted by atomic mass is 10.2. The first-order valence-electron chi connectivity index (χ1n) is 5.29. The van der Waals surface area contributed by atoms with Crippen LogP contribution in [0.5, 0.6) is 0 Å². The molecule has 2 aromatic rings. The van der Waals surface area contributed by atoms with Gasteiger partial charge in [0.05, 0.1) is 22.2 Å². The number of rotatable bonds is 2. The molecule has 0 saturated carbocycles. The lowest BCUT2D eigenvalue weighted by molar-refractivity contribution is -0.606. The van der Waals surface area contributed by atoms with Crippen molar-refractivity contribution >= 4 is 22.7 Å². The van der Waals surface area contributed by atoms with Crippen LogP contribution < -0.4 is 16.2 Å². The highest BCUT2D eigenvalue weighted by Crippen LogP contribution is 2.33. The first kappa shape index (κ1) is 15.6. The second-order valence-corrected chi connectivity index (χ2v) is 3.59. The highest BCUT2D eigenvalue weighted by atomic mass is 16.6. The fraction of sp³-hybridized carbons (Fsp3) is 0. The van der Waals surface area contributed by atoms with E-state index in [-0.39, 0.29) is 5.69 Å². The highest BCUT2D eigenvalue weighted by Gasteiger charge is 2.23. The molecule has 0 amide bonds. The van der Waals surface area contributed by atoms with Gasteiger partial charge >= 0.3 is 11.4 Å². The second-order valence-electron chi connectivity index (χ2n) is 3.59. The molecule has 1 aromatic carbocycles. The van der Waals surface area contributed by atoms with Crippen molar-refractivity contribution in [2.75, 3.05) is 11.5 Å². The molecule has 1 aromatic heterocycles. The lowest BCUT2D eigenvalue weighted by Gasteiger charge is -1.99. The Morgan fingerprint density at radius 3 is 1.71 bits per heavy atom. The second kappa shape index (κ2) is 6.60. The van der Waals surface area contributed by atoms with Crippen LogP contribution in [0.25, 0.3) is 0 Å². The fourth-order valence-corrected chi connectivity index (χ4v) is 1.25. The predicted octanol–water partition coefficient (Wildman–Crippen LogP) is 0.382. The Bertz CT molecular complexity index is 627. The zero-order valence-corrected chi connectivity index (χ0v) is 10.4. The number of aromatic nitrogens is 2. The van der Waals surface area contributed by atoms with E-state index in [0.29, 0.717) is 4.73 Å². The molecule has 0 fully saturated rings. The quantitative estimate of drug-likeness (QED) is 0.262. The Balaban J connectivity index is 0.000000262. The van der Waals surface area contributed by atoms with E-state index < -0.39 is 26.9 Å². The number of nitro benzene ring substituents is 2. The molecule has 4 N–H and O–H groups in total. The third-order valence-electron chi connectivity index (χ3n) is 2.15. The van der Waals surface area contributed by atoms with Gasteiger partial charge in [0.2, 0.25) is 0 Å². The van der Waals surface area contributed by atoms with Crippen LogP contribution in [0.2, 0.25) is 0 Å². The van der Waals surface area contributed by atoms with E-state index in [1.54, 1.807) is 0 Å². The van der Waals surface area contributed by atoms with Gasteiger partial charge in [-0.15, -0.1) is 0 Å². The van der Waals surface area contributed by atoms with Gasteiger partial charge in [-0.1, -0.05) is 0 Å². The van der Waals surface area contributed by atoms with E-state index in [1.807, 2.05) is 0 Å². The third-order valence-corrected chi connectivity index (χ3v) is 2.15. The summed E-state index contributed by atoms with van der Waals surface area (Å²) in [6.45, 7) is 0. The zero-order valence-electron chi connectivity index (χ0n) is 10.4. The van der Waals surface area contributed by atoms with Gasteiger partial charge in [-0.25, -0.2) is 0 Å². The first-order chi connectivity index (χ1) is 9.82. The molecule has 11 nitrogen and oxygen atoms in total. The van der Waals surface area contributed by atoms with Crippen molar-refractivity contribution in [2.24, 2.45) is 0 Å². The Hall–Kier alpha value is -3.50. The number of hydrogen-bond acceptors (Lipinski definition) is 8. The highest BCUT2D eigenvalue weighted by molar-refractivity contribution is 5.75. The maximum absolute atomic E-state index is 10.4. The molecule has 0 radical (unpaired) electrons. The van der Waals surface area contributed by atoms with Crippen LogP contribution in [0.3, 0.4) is 0 Å². The standard InChI is InChI=1S/C6H6N4O4.C4H4N2O/c7-3-1-4(9(11)12)6(8)5(2-3)10(13)14;7-6-3-1-5-2-4-6/h1-2H,7-8H2;1-4H. The van der Waals surface area contributed by atoms with E-state index in [0.717, 1.165) is 12.1 Å². The van der Waals surface area contributed by atoms with E-state index in [2.05, 4.69) is 4.98 Å². The largest absolute Gasteiger partial charge is 0.619 e. The monoisotopic (exact) mass is 294 g/mol. The van der Waals surface area contributed by atoms with Crippen LogP contribution in [0.15, 0.2) is 36.9 Å². The molecule has 21 heavy (non-hydrogen) atoms. The van der Waals surface area contributed by atoms with Gasteiger partial charge in [-0.05, 0) is 0 Å². The van der Waals surface area contributed by atoms with Gasteiger partial charge in [0, 0.05) is 17.8 Å². The molecule has 0 saturated heterocycles. The number of anilines is 2. The summed E-state index contributed by atoms with van der Waals surface area (Å²) in [6.07, 6.45) is 5.54. The molecule has 0 spiro atoms. The molecule has 110 valence electrons. The Labute approximate surface area is 117 Å². The number of nitro groups is 2. The minimum absolute atomic E-state index is 0.0717. The number of nitrogens with two attached hydrogens (primary N) is 2. The average molecular weight is 294 g/mol. The maximum Gasteiger partial charge on any atom is 0.301 e. The van der Waals surface area contributed by atoms with Crippen molar-refractivity contribution in [3.8, 4) is 0 Å². The first-order valence-corrected chi connectivity index (χ1v) is 5.29. The summed E-state index contributed by atoms with van der Waals surface area (Å²) in [5.74, 6) is 0. The normalized spacial score (nSPS) is 9.33. The lowest BCUT2D eigenvalue weighted by Crippen LogP contribution is -2.23. The fourth-order valence-electron chi connectivity index (χ4n) is 1.25. The van der Waals surface area contributed by atoms with Gasteiger partial charge in [0.1, 0.15) is 0 Å². The van der Waals surface area contributed by atoms with Gasteiger partial charge in [-0.2, -0.15) is 4.73 Å². The van der Waals surface area contributed by atoms with E-state index in [1.165, 1.54) is 24.8 Å². The number of nitrogens with zero attached hydrogens (tertiary/aromatic N) is 4. The summed E-state index contributed by atoms with van der Waals surface area (Å²) in [5, 5.41) is 30.9. The van der Waals surface area contributed by atoms with E-state index in [9.17, 15) is 25.4 Å². The van der Waals surface area contributed by atoms with Gasteiger partial charge < -0.3 is 16.7 Å². The van der Waals surface area contributed by atoms with Crippen LogP contribution in [0.4, 0.5) is 22.7 Å². The van der Waals surface area contributed by atoms with Crippen molar-refractivity contribution in [2.45, 2.75) is 0 Å². The molecular formula is C10H10N6O5. The average Bonchev–Trinajstić information content (AvgIpc) is 2.42. The topological polar surface area (TPSA) is 178 Å². The van der Waals surface area contributed by atoms with Crippen LogP contribution in [-0.2, 0) is 0 Å². The molecule has 0 aliphatic rings. The Kier molecular flexibility index (Phi) is 4.89. The molecule has 0 aliphatic carbocycles. The SMILES string of the molecule is Nc1cc([N+](=O)[O-])c(N)c([N+](=O)[O-])c1.[O-][n+]1ccncc1. The maximum atomic E-state index is 10.4. The zero-order chi connectivity index (χ0) is 16.0. The summed E-state index contributed by atoms with van der Waals surface area (Å²) < 4.78 is 0.688. The number of nitrogen functional groups attached to an aromatic ring is 2. The van der Waals surface area contributed by atoms with Crippen molar-refractivity contribution in [3.63, 3.8) is 0 Å². The summed E-state index contributed by atoms with van der Waals surface area (Å²) in [7, 11) is 0. The van der Waals surface area contributed by atoms with Crippen molar-refractivity contribution in [1.82, 2.24) is 4.98 Å². The minimum Gasteiger partial charge on any atom is -0.619 e. The molecule has 1 heterocycles. The molecule has 0 unspecified atom stereocenters. The van der Waals surface area contributed by atoms with Gasteiger partial charge in [0.25, 0.3) is 0 Å². The van der Waals surface area contributed by atoms with Gasteiger partial charge in [0.15, 0.2) is 18.1 Å². The van der Waals surface area contributed by atoms with Gasteiger partial charge in [-0.3, -0.25) is 25.2 Å². The smallest absolute Gasteiger partial charge is 0.301 e.